The third-order valence-corrected chi connectivity index (χ3v) is 4.77. The van der Waals surface area contributed by atoms with Crippen LogP contribution >= 0.6 is 0 Å². The molecule has 2 atom stereocenters. The monoisotopic (exact) mass is 339 g/mol. The van der Waals surface area contributed by atoms with Crippen LogP contribution in [0.3, 0.4) is 0 Å². The Morgan fingerprint density at radius 3 is 2.74 bits per heavy atom. The van der Waals surface area contributed by atoms with E-state index in [1.165, 1.54) is 0 Å². The van der Waals surface area contributed by atoms with Crippen molar-refractivity contribution in [1.82, 2.24) is 9.62 Å². The van der Waals surface area contributed by atoms with E-state index in [0.717, 1.165) is 24.7 Å². The van der Waals surface area contributed by atoms with Gasteiger partial charge in [0, 0.05) is 19.6 Å². The van der Waals surface area contributed by atoms with Crippen molar-refractivity contribution in [2.45, 2.75) is 25.3 Å². The normalized spacial score (nSPS) is 20.3. The van der Waals surface area contributed by atoms with E-state index in [0.29, 0.717) is 26.1 Å². The molecule has 6 nitrogen and oxygen atoms in total. The van der Waals surface area contributed by atoms with Gasteiger partial charge in [-0.2, -0.15) is 0 Å². The standard InChI is InChI=1S/C16H25N3O3S/c1-23(21,22)18-11-14-8-5-9-19(12-14)16(20)15(17)10-13-6-3-2-4-7-13/h2-4,6-7,14-15,18H,5,8-12,17H2,1H3/t14?,15-/m0/s1. The molecule has 1 aromatic rings. The average molecular weight is 339 g/mol. The molecule has 1 saturated heterocycles. The maximum absolute atomic E-state index is 12.5. The Morgan fingerprint density at radius 2 is 2.09 bits per heavy atom. The Morgan fingerprint density at radius 1 is 1.39 bits per heavy atom. The lowest BCUT2D eigenvalue weighted by Crippen LogP contribution is -2.50. The van der Waals surface area contributed by atoms with Gasteiger partial charge in [0.15, 0.2) is 0 Å². The Balaban J connectivity index is 1.88. The van der Waals surface area contributed by atoms with Gasteiger partial charge in [-0.3, -0.25) is 4.79 Å². The van der Waals surface area contributed by atoms with E-state index >= 15 is 0 Å². The molecule has 0 radical (unpaired) electrons. The highest BCUT2D eigenvalue weighted by atomic mass is 32.2. The van der Waals surface area contributed by atoms with Gasteiger partial charge in [-0.05, 0) is 30.7 Å². The molecule has 128 valence electrons. The number of sulfonamides is 1. The molecule has 0 bridgehead atoms. The minimum absolute atomic E-state index is 0.0575. The van der Waals surface area contributed by atoms with E-state index in [9.17, 15) is 13.2 Å². The van der Waals surface area contributed by atoms with E-state index in [4.69, 9.17) is 5.73 Å². The first kappa shape index (κ1) is 17.9. The highest BCUT2D eigenvalue weighted by molar-refractivity contribution is 7.88. The number of likely N-dealkylation sites (tertiary alicyclic amines) is 1. The van der Waals surface area contributed by atoms with Crippen LogP contribution in [-0.4, -0.2) is 51.2 Å². The predicted octanol–water partition coefficient (Wildman–Crippen LogP) is 0.344. The summed E-state index contributed by atoms with van der Waals surface area (Å²) in [6.45, 7) is 1.62. The smallest absolute Gasteiger partial charge is 0.239 e. The summed E-state index contributed by atoms with van der Waals surface area (Å²) < 4.78 is 24.9. The molecule has 1 aliphatic heterocycles. The van der Waals surface area contributed by atoms with Gasteiger partial charge >= 0.3 is 0 Å². The zero-order valence-electron chi connectivity index (χ0n) is 13.4. The van der Waals surface area contributed by atoms with Gasteiger partial charge in [0.05, 0.1) is 12.3 Å². The molecule has 7 heteroatoms. The van der Waals surface area contributed by atoms with E-state index in [1.807, 2.05) is 30.3 Å². The van der Waals surface area contributed by atoms with Crippen LogP contribution < -0.4 is 10.5 Å². The summed E-state index contributed by atoms with van der Waals surface area (Å²) in [7, 11) is -3.20. The van der Waals surface area contributed by atoms with Crippen molar-refractivity contribution in [3.05, 3.63) is 35.9 Å². The maximum atomic E-state index is 12.5. The second kappa shape index (κ2) is 7.90. The topological polar surface area (TPSA) is 92.5 Å². The molecule has 0 aromatic heterocycles. The van der Waals surface area contributed by atoms with Crippen LogP contribution in [0.2, 0.25) is 0 Å². The van der Waals surface area contributed by atoms with Crippen molar-refractivity contribution in [1.29, 1.82) is 0 Å². The fourth-order valence-electron chi connectivity index (χ4n) is 2.89. The lowest BCUT2D eigenvalue weighted by Gasteiger charge is -2.34. The number of piperidine rings is 1. The summed E-state index contributed by atoms with van der Waals surface area (Å²) in [5, 5.41) is 0. The van der Waals surface area contributed by atoms with Crippen molar-refractivity contribution < 1.29 is 13.2 Å². The molecule has 1 unspecified atom stereocenters. The van der Waals surface area contributed by atoms with E-state index in [-0.39, 0.29) is 11.8 Å². The molecule has 0 spiro atoms. The van der Waals surface area contributed by atoms with E-state index in [1.54, 1.807) is 4.90 Å². The molecule has 1 fully saturated rings. The van der Waals surface area contributed by atoms with Crippen molar-refractivity contribution >= 4 is 15.9 Å². The SMILES string of the molecule is CS(=O)(=O)NCC1CCCN(C(=O)[C@@H](N)Cc2ccccc2)C1. The Labute approximate surface area is 138 Å². The molecule has 1 aliphatic rings. The summed E-state index contributed by atoms with van der Waals surface area (Å²) in [5.41, 5.74) is 7.11. The molecule has 0 aliphatic carbocycles. The molecular formula is C16H25N3O3S. The highest BCUT2D eigenvalue weighted by Gasteiger charge is 2.27. The number of nitrogens with one attached hydrogen (secondary N) is 1. The zero-order chi connectivity index (χ0) is 16.9. The van der Waals surface area contributed by atoms with Crippen LogP contribution in [0.15, 0.2) is 30.3 Å². The number of carbonyl (C=O) groups excluding carboxylic acids is 1. The third-order valence-electron chi connectivity index (χ3n) is 4.08. The van der Waals surface area contributed by atoms with Crippen molar-refractivity contribution in [3.63, 3.8) is 0 Å². The molecule has 23 heavy (non-hydrogen) atoms. The summed E-state index contributed by atoms with van der Waals surface area (Å²) in [6.07, 6.45) is 3.46. The number of rotatable bonds is 6. The van der Waals surface area contributed by atoms with E-state index in [2.05, 4.69) is 4.72 Å². The fraction of sp³-hybridized carbons (Fsp3) is 0.562. The van der Waals surface area contributed by atoms with Crippen molar-refractivity contribution in [3.8, 4) is 0 Å². The maximum Gasteiger partial charge on any atom is 0.239 e. The molecular weight excluding hydrogens is 314 g/mol. The van der Waals surface area contributed by atoms with Crippen LogP contribution in [0.5, 0.6) is 0 Å². The molecule has 1 amide bonds. The number of carbonyl (C=O) groups is 1. The van der Waals surface area contributed by atoms with Crippen LogP contribution in [0.4, 0.5) is 0 Å². The van der Waals surface area contributed by atoms with Gasteiger partial charge in [0.25, 0.3) is 0 Å². The summed E-state index contributed by atoms with van der Waals surface area (Å²) in [4.78, 5) is 14.3. The molecule has 1 aromatic carbocycles. The number of amides is 1. The Kier molecular flexibility index (Phi) is 6.15. The van der Waals surface area contributed by atoms with Crippen LogP contribution in [0, 0.1) is 5.92 Å². The largest absolute Gasteiger partial charge is 0.341 e. The molecule has 0 saturated carbocycles. The van der Waals surface area contributed by atoms with Gasteiger partial charge in [0.2, 0.25) is 15.9 Å². The number of hydrogen-bond donors (Lipinski definition) is 2. The third kappa shape index (κ3) is 5.93. The minimum Gasteiger partial charge on any atom is -0.341 e. The summed E-state index contributed by atoms with van der Waals surface area (Å²) in [5.74, 6) is 0.0873. The van der Waals surface area contributed by atoms with Crippen LogP contribution in [-0.2, 0) is 21.2 Å². The Bertz CT molecular complexity index is 619. The van der Waals surface area contributed by atoms with Crippen molar-refractivity contribution in [2.24, 2.45) is 11.7 Å². The summed E-state index contributed by atoms with van der Waals surface area (Å²) >= 11 is 0. The minimum atomic E-state index is -3.20. The van der Waals surface area contributed by atoms with Gasteiger partial charge < -0.3 is 10.6 Å². The van der Waals surface area contributed by atoms with E-state index < -0.39 is 16.1 Å². The second-order valence-corrected chi connectivity index (χ2v) is 8.04. The second-order valence-electron chi connectivity index (χ2n) is 6.21. The Hall–Kier alpha value is -1.44. The van der Waals surface area contributed by atoms with Gasteiger partial charge in [-0.1, -0.05) is 30.3 Å². The first-order chi connectivity index (χ1) is 10.8. The van der Waals surface area contributed by atoms with Gasteiger partial charge in [-0.25, -0.2) is 13.1 Å². The van der Waals surface area contributed by atoms with Crippen LogP contribution in [0.1, 0.15) is 18.4 Å². The first-order valence-electron chi connectivity index (χ1n) is 7.88. The summed E-state index contributed by atoms with van der Waals surface area (Å²) in [6, 6.07) is 9.16. The first-order valence-corrected chi connectivity index (χ1v) is 9.77. The predicted molar refractivity (Wildman–Crippen MR) is 90.3 cm³/mol. The van der Waals surface area contributed by atoms with Crippen LogP contribution in [0.25, 0.3) is 0 Å². The lowest BCUT2D eigenvalue weighted by atomic mass is 9.97. The van der Waals surface area contributed by atoms with Gasteiger partial charge in [-0.15, -0.1) is 0 Å². The zero-order valence-corrected chi connectivity index (χ0v) is 14.3. The number of nitrogens with zero attached hydrogens (tertiary/aromatic N) is 1. The van der Waals surface area contributed by atoms with Crippen molar-refractivity contribution in [2.75, 3.05) is 25.9 Å². The molecule has 2 rings (SSSR count). The molecule has 1 heterocycles. The quantitative estimate of drug-likeness (QED) is 0.782. The average Bonchev–Trinajstić information content (AvgIpc) is 2.53. The number of benzene rings is 1. The lowest BCUT2D eigenvalue weighted by molar-refractivity contribution is -0.134. The number of hydrogen-bond acceptors (Lipinski definition) is 4. The fourth-order valence-corrected chi connectivity index (χ4v) is 3.43. The molecule has 3 N–H and O–H groups in total. The number of nitrogens with two attached hydrogens (primary N) is 1. The highest BCUT2D eigenvalue weighted by Crippen LogP contribution is 2.17. The van der Waals surface area contributed by atoms with Gasteiger partial charge in [0.1, 0.15) is 0 Å².